The maximum Gasteiger partial charge on any atom is 0.246 e. The lowest BCUT2D eigenvalue weighted by Crippen LogP contribution is -2.47. The normalized spacial score (nSPS) is 19.0. The average Bonchev–Trinajstić information content (AvgIpc) is 2.94. The van der Waals surface area contributed by atoms with Crippen LogP contribution in [0.3, 0.4) is 0 Å². The van der Waals surface area contributed by atoms with Crippen molar-refractivity contribution >= 4 is 12.0 Å². The summed E-state index contributed by atoms with van der Waals surface area (Å²) >= 11 is 0. The summed E-state index contributed by atoms with van der Waals surface area (Å²) in [4.78, 5) is 14.2. The molecule has 1 aromatic carbocycles. The molecule has 1 fully saturated rings. The molecule has 4 heteroatoms. The predicted molar refractivity (Wildman–Crippen MR) is 87.8 cm³/mol. The molecular formula is C18H25NO3. The van der Waals surface area contributed by atoms with Crippen LogP contribution in [-0.4, -0.2) is 41.2 Å². The van der Waals surface area contributed by atoms with E-state index in [0.29, 0.717) is 6.54 Å². The van der Waals surface area contributed by atoms with Crippen molar-refractivity contribution in [3.05, 3.63) is 35.4 Å². The van der Waals surface area contributed by atoms with Crippen LogP contribution in [0.25, 0.3) is 6.08 Å². The van der Waals surface area contributed by atoms with Crippen LogP contribution in [0.1, 0.15) is 37.8 Å². The Morgan fingerprint density at radius 3 is 2.82 bits per heavy atom. The van der Waals surface area contributed by atoms with Gasteiger partial charge >= 0.3 is 0 Å². The molecule has 1 unspecified atom stereocenters. The van der Waals surface area contributed by atoms with E-state index in [4.69, 9.17) is 4.74 Å². The van der Waals surface area contributed by atoms with Gasteiger partial charge in [0.1, 0.15) is 5.75 Å². The monoisotopic (exact) mass is 303 g/mol. The summed E-state index contributed by atoms with van der Waals surface area (Å²) in [5, 5.41) is 10.2. The highest BCUT2D eigenvalue weighted by Crippen LogP contribution is 2.27. The van der Waals surface area contributed by atoms with Crippen molar-refractivity contribution in [1.29, 1.82) is 0 Å². The quantitative estimate of drug-likeness (QED) is 0.870. The number of likely N-dealkylation sites (tertiary alicyclic amines) is 1. The Morgan fingerprint density at radius 1 is 1.45 bits per heavy atom. The van der Waals surface area contributed by atoms with Crippen LogP contribution in [0, 0.1) is 6.92 Å². The van der Waals surface area contributed by atoms with E-state index in [1.807, 2.05) is 25.1 Å². The summed E-state index contributed by atoms with van der Waals surface area (Å²) in [5.41, 5.74) is 1.12. The molecular weight excluding hydrogens is 278 g/mol. The molecule has 0 radical (unpaired) electrons. The lowest BCUT2D eigenvalue weighted by molar-refractivity contribution is -0.131. The number of hydrogen-bond acceptors (Lipinski definition) is 3. The Kier molecular flexibility index (Phi) is 4.91. The van der Waals surface area contributed by atoms with Gasteiger partial charge < -0.3 is 14.7 Å². The summed E-state index contributed by atoms with van der Waals surface area (Å²) in [6, 6.07) is 5.74. The molecule has 120 valence electrons. The van der Waals surface area contributed by atoms with Crippen LogP contribution in [0.4, 0.5) is 0 Å². The van der Waals surface area contributed by atoms with Crippen LogP contribution in [0.15, 0.2) is 24.3 Å². The first kappa shape index (κ1) is 16.6. The van der Waals surface area contributed by atoms with Crippen LogP contribution in [0.2, 0.25) is 0 Å². The topological polar surface area (TPSA) is 49.8 Å². The smallest absolute Gasteiger partial charge is 0.246 e. The highest BCUT2D eigenvalue weighted by molar-refractivity contribution is 5.92. The van der Waals surface area contributed by atoms with Gasteiger partial charge in [0, 0.05) is 18.2 Å². The SMILES string of the molecule is COc1ccc(C)cc1/C=C/C(=O)N1CCCC1C(C)(C)O. The number of rotatable bonds is 4. The minimum absolute atomic E-state index is 0.0619. The maximum atomic E-state index is 12.4. The average molecular weight is 303 g/mol. The minimum atomic E-state index is -0.874. The minimum Gasteiger partial charge on any atom is -0.496 e. The fraction of sp³-hybridized carbons (Fsp3) is 0.500. The van der Waals surface area contributed by atoms with E-state index >= 15 is 0 Å². The van der Waals surface area contributed by atoms with Crippen molar-refractivity contribution in [2.75, 3.05) is 13.7 Å². The number of carbonyl (C=O) groups excluding carboxylic acids is 1. The van der Waals surface area contributed by atoms with Gasteiger partial charge in [0.2, 0.25) is 5.91 Å². The van der Waals surface area contributed by atoms with E-state index in [1.165, 1.54) is 0 Å². The summed E-state index contributed by atoms with van der Waals surface area (Å²) < 4.78 is 5.32. The number of ether oxygens (including phenoxy) is 1. The molecule has 0 spiro atoms. The third kappa shape index (κ3) is 3.69. The fourth-order valence-corrected chi connectivity index (χ4v) is 3.01. The molecule has 2 rings (SSSR count). The van der Waals surface area contributed by atoms with Gasteiger partial charge in [-0.25, -0.2) is 0 Å². The van der Waals surface area contributed by atoms with Gasteiger partial charge in [0.05, 0.1) is 18.8 Å². The molecule has 1 amide bonds. The molecule has 1 heterocycles. The van der Waals surface area contributed by atoms with Crippen molar-refractivity contribution < 1.29 is 14.6 Å². The molecule has 1 aliphatic rings. The number of aryl methyl sites for hydroxylation is 1. The molecule has 0 saturated carbocycles. The number of aliphatic hydroxyl groups is 1. The van der Waals surface area contributed by atoms with Crippen molar-refractivity contribution in [2.24, 2.45) is 0 Å². The molecule has 1 saturated heterocycles. The van der Waals surface area contributed by atoms with Crippen LogP contribution >= 0.6 is 0 Å². The second-order valence-corrected chi connectivity index (χ2v) is 6.42. The van der Waals surface area contributed by atoms with Crippen molar-refractivity contribution in [3.63, 3.8) is 0 Å². The standard InChI is InChI=1S/C18H25NO3/c1-13-7-9-15(22-4)14(12-13)8-10-17(20)19-11-5-6-16(19)18(2,3)21/h7-10,12,16,21H,5-6,11H2,1-4H3/b10-8+. The van der Waals surface area contributed by atoms with E-state index < -0.39 is 5.60 Å². The Balaban J connectivity index is 2.16. The second-order valence-electron chi connectivity index (χ2n) is 6.42. The molecule has 0 aliphatic carbocycles. The Morgan fingerprint density at radius 2 is 2.18 bits per heavy atom. The molecule has 0 aromatic heterocycles. The number of carbonyl (C=O) groups is 1. The van der Waals surface area contributed by atoms with E-state index in [9.17, 15) is 9.90 Å². The first-order valence-electron chi connectivity index (χ1n) is 7.68. The predicted octanol–water partition coefficient (Wildman–Crippen LogP) is 2.78. The molecule has 1 atom stereocenters. The third-order valence-corrected chi connectivity index (χ3v) is 4.14. The Bertz CT molecular complexity index is 572. The molecule has 1 N–H and O–H groups in total. The van der Waals surface area contributed by atoms with Gasteiger partial charge in [0.15, 0.2) is 0 Å². The van der Waals surface area contributed by atoms with Gasteiger partial charge in [0.25, 0.3) is 0 Å². The van der Waals surface area contributed by atoms with Crippen molar-refractivity contribution in [1.82, 2.24) is 4.90 Å². The molecule has 4 nitrogen and oxygen atoms in total. The molecule has 1 aliphatic heterocycles. The first-order valence-corrected chi connectivity index (χ1v) is 7.68. The Labute approximate surface area is 132 Å². The van der Waals surface area contributed by atoms with Gasteiger partial charge in [-0.1, -0.05) is 11.6 Å². The van der Waals surface area contributed by atoms with Crippen LogP contribution < -0.4 is 4.74 Å². The summed E-state index contributed by atoms with van der Waals surface area (Å²) in [5.74, 6) is 0.684. The van der Waals surface area contributed by atoms with Gasteiger partial charge in [-0.3, -0.25) is 4.79 Å². The number of benzene rings is 1. The van der Waals surface area contributed by atoms with E-state index in [-0.39, 0.29) is 11.9 Å². The van der Waals surface area contributed by atoms with Crippen molar-refractivity contribution in [3.8, 4) is 5.75 Å². The lowest BCUT2D eigenvalue weighted by Gasteiger charge is -2.33. The van der Waals surface area contributed by atoms with Crippen LogP contribution in [-0.2, 0) is 4.79 Å². The summed E-state index contributed by atoms with van der Waals surface area (Å²) in [6.45, 7) is 6.22. The van der Waals surface area contributed by atoms with E-state index in [0.717, 1.165) is 29.7 Å². The zero-order valence-corrected chi connectivity index (χ0v) is 13.8. The molecule has 22 heavy (non-hydrogen) atoms. The van der Waals surface area contributed by atoms with Gasteiger partial charge in [-0.15, -0.1) is 0 Å². The summed E-state index contributed by atoms with van der Waals surface area (Å²) in [6.07, 6.45) is 5.13. The highest BCUT2D eigenvalue weighted by Gasteiger charge is 2.37. The molecule has 1 aromatic rings. The highest BCUT2D eigenvalue weighted by atomic mass is 16.5. The third-order valence-electron chi connectivity index (χ3n) is 4.14. The lowest BCUT2D eigenvalue weighted by atomic mass is 9.96. The number of methoxy groups -OCH3 is 1. The number of nitrogens with zero attached hydrogens (tertiary/aromatic N) is 1. The van der Waals surface area contributed by atoms with Gasteiger partial charge in [-0.2, -0.15) is 0 Å². The van der Waals surface area contributed by atoms with Crippen LogP contribution in [0.5, 0.6) is 5.75 Å². The first-order chi connectivity index (χ1) is 10.3. The number of hydrogen-bond donors (Lipinski definition) is 1. The summed E-state index contributed by atoms with van der Waals surface area (Å²) in [7, 11) is 1.62. The largest absolute Gasteiger partial charge is 0.496 e. The number of amides is 1. The van der Waals surface area contributed by atoms with Crippen molar-refractivity contribution in [2.45, 2.75) is 45.3 Å². The fourth-order valence-electron chi connectivity index (χ4n) is 3.01. The zero-order chi connectivity index (χ0) is 16.3. The van der Waals surface area contributed by atoms with E-state index in [2.05, 4.69) is 0 Å². The van der Waals surface area contributed by atoms with Gasteiger partial charge in [-0.05, 0) is 51.8 Å². The second kappa shape index (κ2) is 6.53. The zero-order valence-electron chi connectivity index (χ0n) is 13.8. The maximum absolute atomic E-state index is 12.4. The molecule has 0 bridgehead atoms. The van der Waals surface area contributed by atoms with E-state index in [1.54, 1.807) is 38.0 Å². The Hall–Kier alpha value is -1.81.